The first-order chi connectivity index (χ1) is 11.7. The number of aromatic nitrogens is 1. The number of anilines is 1. The molecule has 1 aromatic carbocycles. The summed E-state index contributed by atoms with van der Waals surface area (Å²) in [5.74, 6) is -1.32. The highest BCUT2D eigenvalue weighted by molar-refractivity contribution is 6.39. The second-order valence-electron chi connectivity index (χ2n) is 5.55. The van der Waals surface area contributed by atoms with E-state index in [9.17, 15) is 9.59 Å². The molecule has 2 aromatic rings. The van der Waals surface area contributed by atoms with Crippen LogP contribution in [0.4, 0.5) is 5.69 Å². The van der Waals surface area contributed by atoms with E-state index < -0.39 is 11.8 Å². The van der Waals surface area contributed by atoms with Crippen LogP contribution < -0.4 is 5.32 Å². The summed E-state index contributed by atoms with van der Waals surface area (Å²) in [5.41, 5.74) is 1.59. The van der Waals surface area contributed by atoms with Crippen molar-refractivity contribution < 1.29 is 9.59 Å². The number of likely N-dealkylation sites (tertiary alicyclic amines) is 1. The summed E-state index contributed by atoms with van der Waals surface area (Å²) < 4.78 is 0. The van der Waals surface area contributed by atoms with Crippen LogP contribution in [0.15, 0.2) is 48.8 Å². The van der Waals surface area contributed by atoms with Crippen LogP contribution in [0.2, 0.25) is 0 Å². The van der Waals surface area contributed by atoms with Crippen LogP contribution >= 0.6 is 0 Å². The molecule has 0 radical (unpaired) electrons. The molecule has 2 heterocycles. The van der Waals surface area contributed by atoms with Crippen LogP contribution in [0.1, 0.15) is 30.0 Å². The van der Waals surface area contributed by atoms with Crippen molar-refractivity contribution in [2.24, 2.45) is 0 Å². The normalized spacial score (nSPS) is 16.5. The van der Waals surface area contributed by atoms with E-state index in [0.29, 0.717) is 17.8 Å². The summed E-state index contributed by atoms with van der Waals surface area (Å²) >= 11 is 0. The van der Waals surface area contributed by atoms with Crippen molar-refractivity contribution in [2.75, 3.05) is 11.9 Å². The van der Waals surface area contributed by atoms with Gasteiger partial charge in [0.25, 0.3) is 0 Å². The van der Waals surface area contributed by atoms with Crippen LogP contribution in [0.25, 0.3) is 0 Å². The van der Waals surface area contributed by atoms with Crippen molar-refractivity contribution in [1.29, 1.82) is 5.26 Å². The molecule has 6 nitrogen and oxygen atoms in total. The number of nitriles is 1. The molecule has 3 rings (SSSR count). The fraction of sp³-hybridized carbons (Fsp3) is 0.222. The van der Waals surface area contributed by atoms with E-state index in [0.717, 1.165) is 18.4 Å². The number of carbonyl (C=O) groups is 2. The van der Waals surface area contributed by atoms with Gasteiger partial charge in [-0.2, -0.15) is 5.26 Å². The first-order valence-corrected chi connectivity index (χ1v) is 7.71. The van der Waals surface area contributed by atoms with Gasteiger partial charge in [0, 0.05) is 18.9 Å². The number of carbonyl (C=O) groups excluding carboxylic acids is 2. The lowest BCUT2D eigenvalue weighted by molar-refractivity contribution is -0.143. The number of benzene rings is 1. The maximum atomic E-state index is 12.5. The van der Waals surface area contributed by atoms with Crippen LogP contribution in [-0.2, 0) is 9.59 Å². The Labute approximate surface area is 139 Å². The van der Waals surface area contributed by atoms with E-state index in [-0.39, 0.29) is 6.04 Å². The largest absolute Gasteiger partial charge is 0.327 e. The number of rotatable bonds is 2. The minimum absolute atomic E-state index is 0.136. The summed E-state index contributed by atoms with van der Waals surface area (Å²) in [6.07, 6.45) is 5.04. The Morgan fingerprint density at radius 2 is 2.08 bits per heavy atom. The van der Waals surface area contributed by atoms with Crippen LogP contribution in [0.3, 0.4) is 0 Å². The van der Waals surface area contributed by atoms with Gasteiger partial charge in [0.1, 0.15) is 6.07 Å². The first-order valence-electron chi connectivity index (χ1n) is 7.71. The Kier molecular flexibility index (Phi) is 4.52. The number of hydrogen-bond donors (Lipinski definition) is 1. The third-order valence-corrected chi connectivity index (χ3v) is 4.07. The van der Waals surface area contributed by atoms with Crippen LogP contribution in [0.5, 0.6) is 0 Å². The number of pyridine rings is 1. The highest BCUT2D eigenvalue weighted by Gasteiger charge is 2.33. The maximum Gasteiger partial charge on any atom is 0.313 e. The van der Waals surface area contributed by atoms with Gasteiger partial charge < -0.3 is 10.2 Å². The van der Waals surface area contributed by atoms with Crippen LogP contribution in [-0.4, -0.2) is 28.2 Å². The summed E-state index contributed by atoms with van der Waals surface area (Å²) in [6, 6.07) is 12.2. The zero-order chi connectivity index (χ0) is 16.9. The highest BCUT2D eigenvalue weighted by Crippen LogP contribution is 2.31. The number of nitrogens with zero attached hydrogens (tertiary/aromatic N) is 3. The van der Waals surface area contributed by atoms with E-state index in [1.54, 1.807) is 41.6 Å². The van der Waals surface area contributed by atoms with Gasteiger partial charge in [-0.25, -0.2) is 0 Å². The van der Waals surface area contributed by atoms with E-state index >= 15 is 0 Å². The lowest BCUT2D eigenvalue weighted by atomic mass is 10.1. The summed E-state index contributed by atoms with van der Waals surface area (Å²) in [4.78, 5) is 30.5. The minimum atomic E-state index is -0.728. The number of nitrogens with one attached hydrogen (secondary N) is 1. The molecule has 0 saturated carbocycles. The highest BCUT2D eigenvalue weighted by atomic mass is 16.2. The molecule has 6 heteroatoms. The van der Waals surface area contributed by atoms with Gasteiger partial charge in [-0.1, -0.05) is 18.2 Å². The molecule has 0 aliphatic carbocycles. The quantitative estimate of drug-likeness (QED) is 0.860. The third kappa shape index (κ3) is 3.10. The standard InChI is InChI=1S/C18H16N4O2/c19-11-13-5-1-2-7-15(13)21-17(23)18(24)22-10-4-8-16(22)14-6-3-9-20-12-14/h1-3,5-7,9,12,16H,4,8,10H2,(H,21,23). The molecule has 24 heavy (non-hydrogen) atoms. The van der Waals surface area contributed by atoms with Crippen molar-refractivity contribution in [2.45, 2.75) is 18.9 Å². The molecule has 1 saturated heterocycles. The molecular formula is C18H16N4O2. The topological polar surface area (TPSA) is 86.1 Å². The smallest absolute Gasteiger partial charge is 0.313 e. The van der Waals surface area contributed by atoms with E-state index in [1.165, 1.54) is 0 Å². The number of hydrogen-bond acceptors (Lipinski definition) is 4. The summed E-state index contributed by atoms with van der Waals surface area (Å²) in [7, 11) is 0. The summed E-state index contributed by atoms with van der Waals surface area (Å²) in [6.45, 7) is 0.533. The van der Waals surface area contributed by atoms with Crippen molar-refractivity contribution in [3.63, 3.8) is 0 Å². The molecule has 1 N–H and O–H groups in total. The fourth-order valence-electron chi connectivity index (χ4n) is 2.93. The molecule has 1 aromatic heterocycles. The predicted molar refractivity (Wildman–Crippen MR) is 87.7 cm³/mol. The maximum absolute atomic E-state index is 12.5. The van der Waals surface area contributed by atoms with Crippen LogP contribution in [0, 0.1) is 11.3 Å². The second kappa shape index (κ2) is 6.92. The Balaban J connectivity index is 1.76. The lowest BCUT2D eigenvalue weighted by Crippen LogP contribution is -2.39. The van der Waals surface area contributed by atoms with Gasteiger partial charge in [0.05, 0.1) is 17.3 Å². The number of amides is 2. The average molecular weight is 320 g/mol. The van der Waals surface area contributed by atoms with Crippen molar-refractivity contribution in [3.8, 4) is 6.07 Å². The van der Waals surface area contributed by atoms with Gasteiger partial charge in [0.15, 0.2) is 0 Å². The molecule has 0 bridgehead atoms. The SMILES string of the molecule is N#Cc1ccccc1NC(=O)C(=O)N1CCCC1c1cccnc1. The molecule has 1 fully saturated rings. The molecule has 0 spiro atoms. The van der Waals surface area contributed by atoms with E-state index in [1.807, 2.05) is 18.2 Å². The van der Waals surface area contributed by atoms with E-state index in [4.69, 9.17) is 5.26 Å². The average Bonchev–Trinajstić information content (AvgIpc) is 3.12. The Morgan fingerprint density at radius 1 is 1.25 bits per heavy atom. The van der Waals surface area contributed by atoms with Gasteiger partial charge in [-0.3, -0.25) is 14.6 Å². The molecular weight excluding hydrogens is 304 g/mol. The molecule has 1 atom stereocenters. The zero-order valence-corrected chi connectivity index (χ0v) is 13.0. The molecule has 120 valence electrons. The monoisotopic (exact) mass is 320 g/mol. The Morgan fingerprint density at radius 3 is 2.83 bits per heavy atom. The van der Waals surface area contributed by atoms with Gasteiger partial charge in [0.2, 0.25) is 0 Å². The second-order valence-corrected chi connectivity index (χ2v) is 5.55. The molecule has 2 amide bonds. The van der Waals surface area contributed by atoms with E-state index in [2.05, 4.69) is 10.3 Å². The van der Waals surface area contributed by atoms with Gasteiger partial charge >= 0.3 is 11.8 Å². The van der Waals surface area contributed by atoms with Crippen molar-refractivity contribution >= 4 is 17.5 Å². The zero-order valence-electron chi connectivity index (χ0n) is 13.0. The third-order valence-electron chi connectivity index (χ3n) is 4.07. The molecule has 1 unspecified atom stereocenters. The van der Waals surface area contributed by atoms with Crippen molar-refractivity contribution in [1.82, 2.24) is 9.88 Å². The fourth-order valence-corrected chi connectivity index (χ4v) is 2.93. The first kappa shape index (κ1) is 15.7. The minimum Gasteiger partial charge on any atom is -0.327 e. The van der Waals surface area contributed by atoms with Crippen molar-refractivity contribution in [3.05, 3.63) is 59.9 Å². The molecule has 1 aliphatic rings. The molecule has 1 aliphatic heterocycles. The number of para-hydroxylation sites is 1. The van der Waals surface area contributed by atoms with Gasteiger partial charge in [-0.15, -0.1) is 0 Å². The lowest BCUT2D eigenvalue weighted by Gasteiger charge is -2.24. The predicted octanol–water partition coefficient (Wildman–Crippen LogP) is 2.26. The Bertz CT molecular complexity index is 798. The summed E-state index contributed by atoms with van der Waals surface area (Å²) in [5, 5.41) is 11.6. The Hall–Kier alpha value is -3.20. The van der Waals surface area contributed by atoms with Gasteiger partial charge in [-0.05, 0) is 36.6 Å².